The zero-order valence-electron chi connectivity index (χ0n) is 13.2. The lowest BCUT2D eigenvalue weighted by Gasteiger charge is -2.43. The summed E-state index contributed by atoms with van der Waals surface area (Å²) in [6, 6.07) is 5.13. The molecule has 2 atom stereocenters. The molecule has 2 aliphatic rings. The van der Waals surface area contributed by atoms with Crippen LogP contribution in [0.25, 0.3) is 0 Å². The van der Waals surface area contributed by atoms with Crippen molar-refractivity contribution in [1.82, 2.24) is 9.80 Å². The van der Waals surface area contributed by atoms with Gasteiger partial charge in [-0.25, -0.2) is 0 Å². The minimum absolute atomic E-state index is 0.0997. The fourth-order valence-corrected chi connectivity index (χ4v) is 4.04. The summed E-state index contributed by atoms with van der Waals surface area (Å²) in [5.74, 6) is 1.02. The number of hydrogen-bond acceptors (Lipinski definition) is 4. The molecule has 0 aliphatic carbocycles. The van der Waals surface area contributed by atoms with Crippen LogP contribution in [0, 0.1) is 0 Å². The van der Waals surface area contributed by atoms with Crippen molar-refractivity contribution in [1.29, 1.82) is 0 Å². The average Bonchev–Trinajstić information content (AvgIpc) is 3.03. The molecule has 0 radical (unpaired) electrons. The minimum atomic E-state index is 0.0997. The summed E-state index contributed by atoms with van der Waals surface area (Å²) < 4.78 is 5.62. The molecule has 1 aromatic heterocycles. The third-order valence-corrected chi connectivity index (χ3v) is 5.13. The van der Waals surface area contributed by atoms with Gasteiger partial charge in [0.15, 0.2) is 0 Å². The van der Waals surface area contributed by atoms with Crippen molar-refractivity contribution < 1.29 is 4.42 Å². The van der Waals surface area contributed by atoms with Gasteiger partial charge in [0.05, 0.1) is 12.3 Å². The molecule has 3 heterocycles. The molecule has 2 unspecified atom stereocenters. The van der Waals surface area contributed by atoms with Crippen molar-refractivity contribution in [2.24, 2.45) is 5.73 Å². The molecular formula is C17H29N3O. The largest absolute Gasteiger partial charge is 0.468 e. The molecule has 0 aromatic carbocycles. The van der Waals surface area contributed by atoms with Crippen LogP contribution >= 0.6 is 0 Å². The Morgan fingerprint density at radius 1 is 1.14 bits per heavy atom. The number of nitrogens with two attached hydrogens (primary N) is 1. The van der Waals surface area contributed by atoms with Crippen LogP contribution in [0.2, 0.25) is 0 Å². The summed E-state index contributed by atoms with van der Waals surface area (Å²) in [5.41, 5.74) is 6.22. The molecule has 2 N–H and O–H groups in total. The first-order chi connectivity index (χ1) is 10.3. The van der Waals surface area contributed by atoms with Gasteiger partial charge in [0.25, 0.3) is 0 Å². The predicted octanol–water partition coefficient (Wildman–Crippen LogP) is 2.62. The summed E-state index contributed by atoms with van der Waals surface area (Å²) >= 11 is 0. The number of furan rings is 1. The molecule has 21 heavy (non-hydrogen) atoms. The Kier molecular flexibility index (Phi) is 4.99. The van der Waals surface area contributed by atoms with Gasteiger partial charge < -0.3 is 15.1 Å². The number of piperidine rings is 2. The predicted molar refractivity (Wildman–Crippen MR) is 85.1 cm³/mol. The maximum atomic E-state index is 6.22. The van der Waals surface area contributed by atoms with Gasteiger partial charge in [0.1, 0.15) is 5.76 Å². The monoisotopic (exact) mass is 291 g/mol. The van der Waals surface area contributed by atoms with E-state index < -0.39 is 0 Å². The van der Waals surface area contributed by atoms with Crippen LogP contribution in [0.4, 0.5) is 0 Å². The molecular weight excluding hydrogens is 262 g/mol. The third kappa shape index (κ3) is 3.50. The van der Waals surface area contributed by atoms with E-state index in [9.17, 15) is 0 Å². The molecule has 118 valence electrons. The van der Waals surface area contributed by atoms with Crippen molar-refractivity contribution >= 4 is 0 Å². The van der Waals surface area contributed by atoms with Gasteiger partial charge in [-0.2, -0.15) is 0 Å². The Bertz CT molecular complexity index is 404. The van der Waals surface area contributed by atoms with Crippen LogP contribution in [0.3, 0.4) is 0 Å². The van der Waals surface area contributed by atoms with Crippen LogP contribution in [0.15, 0.2) is 22.8 Å². The summed E-state index contributed by atoms with van der Waals surface area (Å²) in [6.07, 6.45) is 8.48. The summed E-state index contributed by atoms with van der Waals surface area (Å²) in [5, 5.41) is 0. The molecule has 0 spiro atoms. The molecule has 1 aromatic rings. The van der Waals surface area contributed by atoms with Crippen LogP contribution < -0.4 is 5.73 Å². The normalized spacial score (nSPS) is 25.8. The van der Waals surface area contributed by atoms with E-state index in [1.807, 2.05) is 6.07 Å². The lowest BCUT2D eigenvalue weighted by molar-refractivity contribution is 0.0600. The van der Waals surface area contributed by atoms with Gasteiger partial charge >= 0.3 is 0 Å². The summed E-state index contributed by atoms with van der Waals surface area (Å²) in [6.45, 7) is 6.96. The van der Waals surface area contributed by atoms with Crippen molar-refractivity contribution in [3.05, 3.63) is 24.2 Å². The van der Waals surface area contributed by atoms with Gasteiger partial charge in [-0.1, -0.05) is 6.42 Å². The first-order valence-electron chi connectivity index (χ1n) is 8.53. The maximum Gasteiger partial charge on any atom is 0.122 e. The molecule has 4 heteroatoms. The van der Waals surface area contributed by atoms with Gasteiger partial charge in [0, 0.05) is 25.2 Å². The van der Waals surface area contributed by atoms with Crippen molar-refractivity contribution in [2.75, 3.05) is 26.2 Å². The Labute approximate surface area is 128 Å². The van der Waals surface area contributed by atoms with Gasteiger partial charge in [0.2, 0.25) is 0 Å². The number of rotatable bonds is 4. The number of nitrogens with zero attached hydrogens (tertiary/aromatic N) is 2. The van der Waals surface area contributed by atoms with Crippen molar-refractivity contribution in [3.63, 3.8) is 0 Å². The highest BCUT2D eigenvalue weighted by Crippen LogP contribution is 2.29. The van der Waals surface area contributed by atoms with E-state index >= 15 is 0 Å². The maximum absolute atomic E-state index is 6.22. The Hall–Kier alpha value is -0.840. The van der Waals surface area contributed by atoms with Crippen LogP contribution in [0.5, 0.6) is 0 Å². The average molecular weight is 291 g/mol. The van der Waals surface area contributed by atoms with E-state index in [0.29, 0.717) is 0 Å². The van der Waals surface area contributed by atoms with E-state index in [0.717, 1.165) is 24.9 Å². The highest BCUT2D eigenvalue weighted by molar-refractivity contribution is 5.08. The Morgan fingerprint density at radius 3 is 2.43 bits per heavy atom. The van der Waals surface area contributed by atoms with Gasteiger partial charge in [-0.15, -0.1) is 0 Å². The van der Waals surface area contributed by atoms with E-state index in [1.54, 1.807) is 6.26 Å². The SMILES string of the molecule is CC(N)C(c1ccco1)N1CCC(N2CCCCC2)CC1. The molecule has 0 saturated carbocycles. The topological polar surface area (TPSA) is 45.6 Å². The van der Waals surface area contributed by atoms with Gasteiger partial charge in [-0.3, -0.25) is 4.90 Å². The van der Waals surface area contributed by atoms with E-state index in [2.05, 4.69) is 22.8 Å². The van der Waals surface area contributed by atoms with E-state index in [-0.39, 0.29) is 12.1 Å². The van der Waals surface area contributed by atoms with Gasteiger partial charge in [-0.05, 0) is 57.8 Å². The van der Waals surface area contributed by atoms with Crippen molar-refractivity contribution in [3.8, 4) is 0 Å². The molecule has 3 rings (SSSR count). The van der Waals surface area contributed by atoms with E-state index in [4.69, 9.17) is 10.2 Å². The molecule has 2 saturated heterocycles. The molecule has 2 aliphatic heterocycles. The Balaban J connectivity index is 1.58. The lowest BCUT2D eigenvalue weighted by atomic mass is 9.96. The fourth-order valence-electron chi connectivity index (χ4n) is 4.04. The first kappa shape index (κ1) is 15.1. The molecule has 0 amide bonds. The molecule has 4 nitrogen and oxygen atoms in total. The second-order valence-electron chi connectivity index (χ2n) is 6.68. The minimum Gasteiger partial charge on any atom is -0.468 e. The van der Waals surface area contributed by atoms with Crippen LogP contribution in [-0.4, -0.2) is 48.1 Å². The zero-order chi connectivity index (χ0) is 14.7. The summed E-state index contributed by atoms with van der Waals surface area (Å²) in [7, 11) is 0. The van der Waals surface area contributed by atoms with Crippen molar-refractivity contribution in [2.45, 2.75) is 57.2 Å². The number of likely N-dealkylation sites (tertiary alicyclic amines) is 2. The molecule has 2 fully saturated rings. The zero-order valence-corrected chi connectivity index (χ0v) is 13.2. The van der Waals surface area contributed by atoms with E-state index in [1.165, 1.54) is 45.2 Å². The summed E-state index contributed by atoms with van der Waals surface area (Å²) in [4.78, 5) is 5.23. The smallest absolute Gasteiger partial charge is 0.122 e. The quantitative estimate of drug-likeness (QED) is 0.926. The third-order valence-electron chi connectivity index (χ3n) is 5.13. The molecule has 0 bridgehead atoms. The highest BCUT2D eigenvalue weighted by Gasteiger charge is 2.32. The second kappa shape index (κ2) is 6.95. The highest BCUT2D eigenvalue weighted by atomic mass is 16.3. The first-order valence-corrected chi connectivity index (χ1v) is 8.53. The van der Waals surface area contributed by atoms with Crippen LogP contribution in [0.1, 0.15) is 50.8 Å². The second-order valence-corrected chi connectivity index (χ2v) is 6.68. The fraction of sp³-hybridized carbons (Fsp3) is 0.765. The Morgan fingerprint density at radius 2 is 1.86 bits per heavy atom. The number of hydrogen-bond donors (Lipinski definition) is 1. The standard InChI is InChI=1S/C17H29N3O/c1-14(18)17(16-6-5-13-21-16)20-11-7-15(8-12-20)19-9-3-2-4-10-19/h5-6,13-15,17H,2-4,7-12,18H2,1H3. The lowest BCUT2D eigenvalue weighted by Crippen LogP contribution is -2.49. The van der Waals surface area contributed by atoms with Crippen LogP contribution in [-0.2, 0) is 0 Å².